The summed E-state index contributed by atoms with van der Waals surface area (Å²) in [5.74, 6) is 0.642. The molecule has 0 bridgehead atoms. The number of fused-ring (bicyclic) bond motifs is 1. The Kier molecular flexibility index (Phi) is 4.39. The molecule has 0 aromatic heterocycles. The average molecular weight is 296 g/mol. The van der Waals surface area contributed by atoms with Crippen molar-refractivity contribution in [1.82, 2.24) is 5.32 Å². The highest BCUT2D eigenvalue weighted by atomic mass is 16.5. The molecule has 1 amide bonds. The quantitative estimate of drug-likeness (QED) is 0.892. The van der Waals surface area contributed by atoms with Crippen molar-refractivity contribution >= 4 is 11.6 Å². The minimum absolute atomic E-state index is 0.0896. The van der Waals surface area contributed by atoms with Crippen LogP contribution < -0.4 is 15.4 Å². The summed E-state index contributed by atoms with van der Waals surface area (Å²) >= 11 is 0. The van der Waals surface area contributed by atoms with Gasteiger partial charge < -0.3 is 15.4 Å². The maximum Gasteiger partial charge on any atom is 0.262 e. The van der Waals surface area contributed by atoms with E-state index >= 15 is 0 Å². The molecule has 1 heterocycles. The van der Waals surface area contributed by atoms with E-state index in [0.29, 0.717) is 0 Å². The number of nitrogens with one attached hydrogen (secondary N) is 2. The zero-order valence-corrected chi connectivity index (χ0v) is 12.6. The molecular weight excluding hydrogens is 276 g/mol. The maximum absolute atomic E-state index is 11.3. The summed E-state index contributed by atoms with van der Waals surface area (Å²) in [4.78, 5) is 11.3. The topological polar surface area (TPSA) is 50.4 Å². The Morgan fingerprint density at radius 2 is 2.05 bits per heavy atom. The summed E-state index contributed by atoms with van der Waals surface area (Å²) in [5.41, 5.74) is 3.23. The van der Waals surface area contributed by atoms with Crippen molar-refractivity contribution in [3.8, 4) is 5.75 Å². The molecule has 3 rings (SSSR count). The molecule has 2 aromatic rings. The molecule has 1 aliphatic heterocycles. The summed E-state index contributed by atoms with van der Waals surface area (Å²) in [6, 6.07) is 16.6. The molecule has 0 aliphatic carbocycles. The molecule has 0 radical (unpaired) electrons. The van der Waals surface area contributed by atoms with Gasteiger partial charge in [-0.2, -0.15) is 0 Å². The lowest BCUT2D eigenvalue weighted by molar-refractivity contribution is -0.118. The summed E-state index contributed by atoms with van der Waals surface area (Å²) in [6.07, 6.45) is 1.00. The fourth-order valence-corrected chi connectivity index (χ4v) is 2.56. The second kappa shape index (κ2) is 6.62. The lowest BCUT2D eigenvalue weighted by atomic mass is 10.1. The molecule has 4 nitrogen and oxygen atoms in total. The van der Waals surface area contributed by atoms with Crippen LogP contribution in [0.15, 0.2) is 48.5 Å². The average Bonchev–Trinajstić information content (AvgIpc) is 2.55. The van der Waals surface area contributed by atoms with Gasteiger partial charge in [0.1, 0.15) is 5.75 Å². The molecule has 2 aromatic carbocycles. The van der Waals surface area contributed by atoms with Gasteiger partial charge in [-0.3, -0.25) is 4.79 Å². The summed E-state index contributed by atoms with van der Waals surface area (Å²) in [6.45, 7) is 3.14. The Bertz CT molecular complexity index is 655. The maximum atomic E-state index is 11.3. The molecule has 2 N–H and O–H groups in total. The molecule has 1 aliphatic rings. The van der Waals surface area contributed by atoms with Crippen LogP contribution in [0.2, 0.25) is 0 Å². The van der Waals surface area contributed by atoms with Gasteiger partial charge in [0.15, 0.2) is 6.61 Å². The SMILES string of the molecule is CC(NCCc1ccccc1)c1ccc2c(c1)OCC(=O)N2. The van der Waals surface area contributed by atoms with Gasteiger partial charge in [0.2, 0.25) is 0 Å². The van der Waals surface area contributed by atoms with Gasteiger partial charge in [-0.25, -0.2) is 0 Å². The van der Waals surface area contributed by atoms with E-state index in [9.17, 15) is 4.79 Å². The van der Waals surface area contributed by atoms with Gasteiger partial charge in [-0.1, -0.05) is 36.4 Å². The molecule has 0 saturated heterocycles. The number of ether oxygens (including phenoxy) is 1. The molecule has 1 unspecified atom stereocenters. The molecular formula is C18H20N2O2. The van der Waals surface area contributed by atoms with Crippen LogP contribution in [0.1, 0.15) is 24.1 Å². The van der Waals surface area contributed by atoms with Crippen LogP contribution in [0.4, 0.5) is 5.69 Å². The minimum Gasteiger partial charge on any atom is -0.482 e. The largest absolute Gasteiger partial charge is 0.482 e. The van der Waals surface area contributed by atoms with E-state index in [1.165, 1.54) is 5.56 Å². The highest BCUT2D eigenvalue weighted by molar-refractivity contribution is 5.95. The minimum atomic E-state index is -0.103. The lowest BCUT2D eigenvalue weighted by Gasteiger charge is -2.21. The monoisotopic (exact) mass is 296 g/mol. The van der Waals surface area contributed by atoms with Crippen molar-refractivity contribution in [2.75, 3.05) is 18.5 Å². The number of anilines is 1. The predicted octanol–water partition coefficient (Wildman–Crippen LogP) is 2.91. The van der Waals surface area contributed by atoms with E-state index in [1.807, 2.05) is 24.3 Å². The standard InChI is InChI=1S/C18H20N2O2/c1-13(19-10-9-14-5-3-2-4-6-14)15-7-8-16-17(11-15)22-12-18(21)20-16/h2-8,11,13,19H,9-10,12H2,1H3,(H,20,21). The number of amides is 1. The van der Waals surface area contributed by atoms with Gasteiger partial charge in [0, 0.05) is 6.04 Å². The van der Waals surface area contributed by atoms with Crippen LogP contribution in [0.25, 0.3) is 0 Å². The number of rotatable bonds is 5. The van der Waals surface area contributed by atoms with E-state index in [-0.39, 0.29) is 18.6 Å². The van der Waals surface area contributed by atoms with Crippen LogP contribution in [0.5, 0.6) is 5.75 Å². The van der Waals surface area contributed by atoms with E-state index in [2.05, 4.69) is 41.8 Å². The third-order valence-corrected chi connectivity index (χ3v) is 3.85. The second-order valence-electron chi connectivity index (χ2n) is 5.50. The molecule has 114 valence electrons. The van der Waals surface area contributed by atoms with Crippen LogP contribution in [-0.2, 0) is 11.2 Å². The number of benzene rings is 2. The van der Waals surface area contributed by atoms with Gasteiger partial charge in [-0.05, 0) is 43.1 Å². The van der Waals surface area contributed by atoms with Crippen molar-refractivity contribution < 1.29 is 9.53 Å². The first-order chi connectivity index (χ1) is 10.7. The van der Waals surface area contributed by atoms with Crippen LogP contribution >= 0.6 is 0 Å². The fourth-order valence-electron chi connectivity index (χ4n) is 2.56. The number of carbonyl (C=O) groups is 1. The number of carbonyl (C=O) groups excluding carboxylic acids is 1. The molecule has 22 heavy (non-hydrogen) atoms. The van der Waals surface area contributed by atoms with Crippen molar-refractivity contribution in [2.24, 2.45) is 0 Å². The Labute approximate surface area is 130 Å². The van der Waals surface area contributed by atoms with Crippen molar-refractivity contribution in [3.63, 3.8) is 0 Å². The Balaban J connectivity index is 1.58. The fraction of sp³-hybridized carbons (Fsp3) is 0.278. The van der Waals surface area contributed by atoms with Crippen molar-refractivity contribution in [2.45, 2.75) is 19.4 Å². The highest BCUT2D eigenvalue weighted by Gasteiger charge is 2.17. The number of hydrogen-bond donors (Lipinski definition) is 2. The summed E-state index contributed by atoms with van der Waals surface area (Å²) in [5, 5.41) is 6.33. The zero-order chi connectivity index (χ0) is 15.4. The highest BCUT2D eigenvalue weighted by Crippen LogP contribution is 2.30. The Morgan fingerprint density at radius 3 is 2.86 bits per heavy atom. The van der Waals surface area contributed by atoms with Gasteiger partial charge in [0.25, 0.3) is 5.91 Å². The van der Waals surface area contributed by atoms with E-state index in [1.54, 1.807) is 0 Å². The second-order valence-corrected chi connectivity index (χ2v) is 5.50. The molecule has 1 atom stereocenters. The third-order valence-electron chi connectivity index (χ3n) is 3.85. The van der Waals surface area contributed by atoms with Crippen LogP contribution in [0.3, 0.4) is 0 Å². The smallest absolute Gasteiger partial charge is 0.262 e. The first kappa shape index (κ1) is 14.6. The van der Waals surface area contributed by atoms with Crippen LogP contribution in [-0.4, -0.2) is 19.1 Å². The zero-order valence-electron chi connectivity index (χ0n) is 12.6. The molecule has 0 saturated carbocycles. The lowest BCUT2D eigenvalue weighted by Crippen LogP contribution is -2.26. The van der Waals surface area contributed by atoms with Gasteiger partial charge >= 0.3 is 0 Å². The normalized spacial score (nSPS) is 14.7. The summed E-state index contributed by atoms with van der Waals surface area (Å²) in [7, 11) is 0. The van der Waals surface area contributed by atoms with Crippen molar-refractivity contribution in [3.05, 3.63) is 59.7 Å². The Hall–Kier alpha value is -2.33. The van der Waals surface area contributed by atoms with Gasteiger partial charge in [0.05, 0.1) is 5.69 Å². The summed E-state index contributed by atoms with van der Waals surface area (Å²) < 4.78 is 5.46. The Morgan fingerprint density at radius 1 is 1.23 bits per heavy atom. The van der Waals surface area contributed by atoms with Gasteiger partial charge in [-0.15, -0.1) is 0 Å². The van der Waals surface area contributed by atoms with Crippen LogP contribution in [0, 0.1) is 0 Å². The molecule has 0 spiro atoms. The van der Waals surface area contributed by atoms with E-state index < -0.39 is 0 Å². The van der Waals surface area contributed by atoms with E-state index in [0.717, 1.165) is 30.0 Å². The first-order valence-corrected chi connectivity index (χ1v) is 7.56. The third kappa shape index (κ3) is 3.46. The van der Waals surface area contributed by atoms with Crippen molar-refractivity contribution in [1.29, 1.82) is 0 Å². The number of hydrogen-bond acceptors (Lipinski definition) is 3. The van der Waals surface area contributed by atoms with E-state index in [4.69, 9.17) is 4.74 Å². The predicted molar refractivity (Wildman–Crippen MR) is 87.1 cm³/mol. The molecule has 0 fully saturated rings. The first-order valence-electron chi connectivity index (χ1n) is 7.56. The molecule has 4 heteroatoms.